The van der Waals surface area contributed by atoms with E-state index in [4.69, 9.17) is 0 Å². The van der Waals surface area contributed by atoms with Crippen LogP contribution in [0.5, 0.6) is 0 Å². The Balaban J connectivity index is 3.04. The van der Waals surface area contributed by atoms with Crippen molar-refractivity contribution in [2.24, 2.45) is 0 Å². The molecule has 0 N–H and O–H groups in total. The van der Waals surface area contributed by atoms with Gasteiger partial charge in [0.25, 0.3) is 5.69 Å². The molecule has 0 saturated heterocycles. The summed E-state index contributed by atoms with van der Waals surface area (Å²) in [5.74, 6) is 0. The van der Waals surface area contributed by atoms with Gasteiger partial charge in [0.15, 0.2) is 0 Å². The standard InChI is InChI=1S/C8H8NO3/c1-6(10)7-3-2-4-8(5-7)9(11)12/h2-6H,1H3. The highest BCUT2D eigenvalue weighted by atomic mass is 16.6. The molecule has 1 unspecified atom stereocenters. The SMILES string of the molecule is CC([O])c1cccc([N+](=O)[O-])c1. The zero-order valence-corrected chi connectivity index (χ0v) is 6.56. The van der Waals surface area contributed by atoms with Crippen LogP contribution in [-0.2, 0) is 5.11 Å². The number of nitro benzene ring substituents is 1. The summed E-state index contributed by atoms with van der Waals surface area (Å²) >= 11 is 0. The molecule has 4 heteroatoms. The molecule has 0 aromatic heterocycles. The van der Waals surface area contributed by atoms with Crippen LogP contribution < -0.4 is 0 Å². The van der Waals surface area contributed by atoms with E-state index in [0.29, 0.717) is 5.56 Å². The first-order chi connectivity index (χ1) is 5.61. The third-order valence-corrected chi connectivity index (χ3v) is 1.55. The second kappa shape index (κ2) is 3.32. The molecular weight excluding hydrogens is 158 g/mol. The van der Waals surface area contributed by atoms with Crippen LogP contribution in [0.15, 0.2) is 24.3 Å². The Kier molecular flexibility index (Phi) is 2.40. The normalized spacial score (nSPS) is 12.5. The van der Waals surface area contributed by atoms with Gasteiger partial charge in [0.2, 0.25) is 0 Å². The maximum Gasteiger partial charge on any atom is 0.269 e. The van der Waals surface area contributed by atoms with Gasteiger partial charge in [-0.2, -0.15) is 0 Å². The lowest BCUT2D eigenvalue weighted by Crippen LogP contribution is -1.92. The minimum Gasteiger partial charge on any atom is -0.258 e. The molecule has 0 amide bonds. The largest absolute Gasteiger partial charge is 0.269 e. The predicted octanol–water partition coefficient (Wildman–Crippen LogP) is 2.09. The molecule has 0 fully saturated rings. The third kappa shape index (κ3) is 1.79. The second-order valence-corrected chi connectivity index (χ2v) is 2.49. The van der Waals surface area contributed by atoms with Crippen molar-refractivity contribution in [3.05, 3.63) is 39.9 Å². The second-order valence-electron chi connectivity index (χ2n) is 2.49. The summed E-state index contributed by atoms with van der Waals surface area (Å²) in [4.78, 5) is 9.77. The molecule has 0 heterocycles. The van der Waals surface area contributed by atoms with Crippen LogP contribution in [0.25, 0.3) is 0 Å². The van der Waals surface area contributed by atoms with Gasteiger partial charge >= 0.3 is 0 Å². The highest BCUT2D eigenvalue weighted by Gasteiger charge is 2.08. The van der Waals surface area contributed by atoms with Gasteiger partial charge < -0.3 is 0 Å². The van der Waals surface area contributed by atoms with E-state index in [9.17, 15) is 15.2 Å². The fraction of sp³-hybridized carbons (Fsp3) is 0.250. The molecule has 0 bridgehead atoms. The van der Waals surface area contributed by atoms with Crippen molar-refractivity contribution in [2.75, 3.05) is 0 Å². The zero-order chi connectivity index (χ0) is 9.14. The lowest BCUT2D eigenvalue weighted by atomic mass is 10.1. The van der Waals surface area contributed by atoms with E-state index in [1.165, 1.54) is 25.1 Å². The number of rotatable bonds is 2. The molecule has 4 nitrogen and oxygen atoms in total. The van der Waals surface area contributed by atoms with Crippen molar-refractivity contribution in [3.63, 3.8) is 0 Å². The summed E-state index contributed by atoms with van der Waals surface area (Å²) in [7, 11) is 0. The Hall–Kier alpha value is -1.42. The average molecular weight is 166 g/mol. The van der Waals surface area contributed by atoms with Crippen molar-refractivity contribution < 1.29 is 10.0 Å². The summed E-state index contributed by atoms with van der Waals surface area (Å²) < 4.78 is 0. The lowest BCUT2D eigenvalue weighted by molar-refractivity contribution is -0.385. The summed E-state index contributed by atoms with van der Waals surface area (Å²) in [5, 5.41) is 21.2. The molecule has 1 radical (unpaired) electrons. The van der Waals surface area contributed by atoms with Crippen LogP contribution in [0.4, 0.5) is 5.69 Å². The number of benzene rings is 1. The van der Waals surface area contributed by atoms with Crippen LogP contribution in [-0.4, -0.2) is 4.92 Å². The Morgan fingerprint density at radius 3 is 2.67 bits per heavy atom. The quantitative estimate of drug-likeness (QED) is 0.498. The zero-order valence-electron chi connectivity index (χ0n) is 6.56. The minimum atomic E-state index is -0.912. The predicted molar refractivity (Wildman–Crippen MR) is 42.2 cm³/mol. The van der Waals surface area contributed by atoms with Crippen LogP contribution in [0, 0.1) is 10.1 Å². The van der Waals surface area contributed by atoms with Crippen LogP contribution in [0.2, 0.25) is 0 Å². The van der Waals surface area contributed by atoms with E-state index in [2.05, 4.69) is 0 Å². The molecule has 63 valence electrons. The smallest absolute Gasteiger partial charge is 0.258 e. The van der Waals surface area contributed by atoms with E-state index >= 15 is 0 Å². The Labute approximate surface area is 69.6 Å². The molecule has 0 spiro atoms. The first-order valence-electron chi connectivity index (χ1n) is 3.51. The average Bonchev–Trinajstić information content (AvgIpc) is 2.04. The number of nitro groups is 1. The molecule has 1 aromatic carbocycles. The highest BCUT2D eigenvalue weighted by Crippen LogP contribution is 2.18. The van der Waals surface area contributed by atoms with E-state index < -0.39 is 11.0 Å². The van der Waals surface area contributed by atoms with Crippen LogP contribution >= 0.6 is 0 Å². The minimum absolute atomic E-state index is 0.0322. The number of hydrogen-bond donors (Lipinski definition) is 0. The van der Waals surface area contributed by atoms with E-state index in [1.807, 2.05) is 0 Å². The highest BCUT2D eigenvalue weighted by molar-refractivity contribution is 5.34. The van der Waals surface area contributed by atoms with Gasteiger partial charge in [-0.15, -0.1) is 0 Å². The Bertz CT molecular complexity index is 296. The van der Waals surface area contributed by atoms with E-state index in [0.717, 1.165) is 0 Å². The Morgan fingerprint density at radius 1 is 1.50 bits per heavy atom. The summed E-state index contributed by atoms with van der Waals surface area (Å²) in [6.45, 7) is 1.46. The van der Waals surface area contributed by atoms with Gasteiger partial charge in [0.1, 0.15) is 6.10 Å². The molecule has 0 saturated carbocycles. The number of nitrogens with zero attached hydrogens (tertiary/aromatic N) is 1. The summed E-state index contributed by atoms with van der Waals surface area (Å²) in [6.07, 6.45) is -0.912. The van der Waals surface area contributed by atoms with Crippen LogP contribution in [0.1, 0.15) is 18.6 Å². The summed E-state index contributed by atoms with van der Waals surface area (Å²) in [6, 6.07) is 5.77. The molecule has 0 aliphatic carbocycles. The number of hydrogen-bond acceptors (Lipinski definition) is 2. The fourth-order valence-electron chi connectivity index (χ4n) is 0.891. The van der Waals surface area contributed by atoms with Crippen molar-refractivity contribution in [2.45, 2.75) is 13.0 Å². The van der Waals surface area contributed by atoms with Gasteiger partial charge in [0, 0.05) is 12.1 Å². The molecule has 1 atom stereocenters. The van der Waals surface area contributed by atoms with Crippen molar-refractivity contribution in [3.8, 4) is 0 Å². The van der Waals surface area contributed by atoms with E-state index in [-0.39, 0.29) is 5.69 Å². The number of non-ortho nitro benzene ring substituents is 1. The first kappa shape index (κ1) is 8.67. The maximum absolute atomic E-state index is 10.9. The van der Waals surface area contributed by atoms with Gasteiger partial charge in [-0.25, -0.2) is 5.11 Å². The first-order valence-corrected chi connectivity index (χ1v) is 3.51. The topological polar surface area (TPSA) is 63.0 Å². The molecule has 12 heavy (non-hydrogen) atoms. The van der Waals surface area contributed by atoms with Crippen LogP contribution in [0.3, 0.4) is 0 Å². The monoisotopic (exact) mass is 166 g/mol. The maximum atomic E-state index is 10.9. The van der Waals surface area contributed by atoms with Crippen molar-refractivity contribution in [1.29, 1.82) is 0 Å². The van der Waals surface area contributed by atoms with Gasteiger partial charge in [-0.05, 0) is 12.5 Å². The summed E-state index contributed by atoms with van der Waals surface area (Å²) in [5.41, 5.74) is 0.416. The molecule has 1 aromatic rings. The van der Waals surface area contributed by atoms with Crippen molar-refractivity contribution in [1.82, 2.24) is 0 Å². The van der Waals surface area contributed by atoms with Gasteiger partial charge in [0.05, 0.1) is 4.92 Å². The van der Waals surface area contributed by atoms with Gasteiger partial charge in [-0.1, -0.05) is 12.1 Å². The molecule has 0 aliphatic heterocycles. The van der Waals surface area contributed by atoms with E-state index in [1.54, 1.807) is 6.07 Å². The fourth-order valence-corrected chi connectivity index (χ4v) is 0.891. The Morgan fingerprint density at radius 2 is 2.17 bits per heavy atom. The molecular formula is C8H8NO3. The molecule has 0 aliphatic rings. The third-order valence-electron chi connectivity index (χ3n) is 1.55. The molecule has 1 rings (SSSR count). The lowest BCUT2D eigenvalue weighted by Gasteiger charge is -2.00. The van der Waals surface area contributed by atoms with Gasteiger partial charge in [-0.3, -0.25) is 10.1 Å². The van der Waals surface area contributed by atoms with Crippen molar-refractivity contribution >= 4 is 5.69 Å².